The van der Waals surface area contributed by atoms with Crippen molar-refractivity contribution in [2.75, 3.05) is 0 Å². The van der Waals surface area contributed by atoms with Crippen LogP contribution in [-0.4, -0.2) is 0 Å². The third kappa shape index (κ3) is 2.60. The highest BCUT2D eigenvalue weighted by atomic mass is 79.9. The van der Waals surface area contributed by atoms with Crippen LogP contribution in [0.5, 0.6) is 0 Å². The molecule has 0 saturated heterocycles. The number of rotatable bonds is 2. The van der Waals surface area contributed by atoms with Gasteiger partial charge in [0.2, 0.25) is 0 Å². The molecule has 86 valence electrons. The van der Waals surface area contributed by atoms with E-state index in [1.807, 2.05) is 13.0 Å². The molecule has 0 saturated carbocycles. The third-order valence-corrected chi connectivity index (χ3v) is 6.51. The molecule has 0 aliphatic rings. The van der Waals surface area contributed by atoms with Gasteiger partial charge in [0.15, 0.2) is 0 Å². The second-order valence-electron chi connectivity index (χ2n) is 3.25. The van der Waals surface area contributed by atoms with Crippen LogP contribution in [-0.2, 0) is 0 Å². The topological polar surface area (TPSA) is 0 Å². The van der Waals surface area contributed by atoms with Crippen molar-refractivity contribution in [2.45, 2.75) is 11.8 Å². The number of thiophene rings is 2. The van der Waals surface area contributed by atoms with Crippen LogP contribution < -0.4 is 0 Å². The summed E-state index contributed by atoms with van der Waals surface area (Å²) in [6.45, 7) is 1.99. The molecule has 2 aromatic rings. The third-order valence-electron chi connectivity index (χ3n) is 2.08. The molecule has 0 bridgehead atoms. The SMILES string of the molecule is Cc1cc(C(Br)c2cc(Cl)sc2Cl)sc1Cl. The zero-order chi connectivity index (χ0) is 11.9. The lowest BCUT2D eigenvalue weighted by molar-refractivity contribution is 1.24. The molecule has 6 heteroatoms. The Balaban J connectivity index is 2.38. The summed E-state index contributed by atoms with van der Waals surface area (Å²) in [5, 5.41) is 0. The quantitative estimate of drug-likeness (QED) is 0.521. The summed E-state index contributed by atoms with van der Waals surface area (Å²) in [4.78, 5) is 1.19. The monoisotopic (exact) mass is 374 g/mol. The Morgan fingerprint density at radius 2 is 1.81 bits per heavy atom. The molecule has 0 radical (unpaired) electrons. The molecule has 0 N–H and O–H groups in total. The van der Waals surface area contributed by atoms with E-state index in [0.29, 0.717) is 8.67 Å². The second-order valence-corrected chi connectivity index (χ2v) is 8.13. The van der Waals surface area contributed by atoms with Gasteiger partial charge in [-0.1, -0.05) is 50.7 Å². The van der Waals surface area contributed by atoms with Crippen LogP contribution in [0.25, 0.3) is 0 Å². The van der Waals surface area contributed by atoms with Gasteiger partial charge in [-0.15, -0.1) is 22.7 Å². The van der Waals surface area contributed by atoms with E-state index in [1.54, 1.807) is 11.3 Å². The van der Waals surface area contributed by atoms with E-state index in [4.69, 9.17) is 34.8 Å². The van der Waals surface area contributed by atoms with Gasteiger partial charge in [0.25, 0.3) is 0 Å². The maximum Gasteiger partial charge on any atom is 0.0991 e. The van der Waals surface area contributed by atoms with Crippen molar-refractivity contribution in [1.29, 1.82) is 0 Å². The predicted octanol–water partition coefficient (Wildman–Crippen LogP) is 6.56. The number of halogens is 4. The zero-order valence-corrected chi connectivity index (χ0v) is 13.5. The molecule has 2 aromatic heterocycles. The van der Waals surface area contributed by atoms with Gasteiger partial charge >= 0.3 is 0 Å². The number of alkyl halides is 1. The Hall–Kier alpha value is 0.750. The minimum absolute atomic E-state index is 0.0555. The van der Waals surface area contributed by atoms with E-state index in [2.05, 4.69) is 22.0 Å². The van der Waals surface area contributed by atoms with E-state index < -0.39 is 0 Å². The van der Waals surface area contributed by atoms with Crippen LogP contribution in [0.15, 0.2) is 12.1 Å². The fourth-order valence-electron chi connectivity index (χ4n) is 1.29. The predicted molar refractivity (Wildman–Crippen MR) is 79.2 cm³/mol. The molecule has 0 aromatic carbocycles. The maximum absolute atomic E-state index is 6.11. The molecule has 2 rings (SSSR count). The summed E-state index contributed by atoms with van der Waals surface area (Å²) >= 11 is 24.6. The van der Waals surface area contributed by atoms with Crippen molar-refractivity contribution in [3.63, 3.8) is 0 Å². The number of aryl methyl sites for hydroxylation is 1. The minimum Gasteiger partial charge on any atom is -0.127 e. The Morgan fingerprint density at radius 1 is 1.12 bits per heavy atom. The van der Waals surface area contributed by atoms with Gasteiger partial charge in [0, 0.05) is 10.4 Å². The first-order valence-electron chi connectivity index (χ1n) is 4.33. The lowest BCUT2D eigenvalue weighted by atomic mass is 10.2. The first-order chi connectivity index (χ1) is 7.49. The molecule has 0 spiro atoms. The largest absolute Gasteiger partial charge is 0.127 e. The maximum atomic E-state index is 6.11. The van der Waals surface area contributed by atoms with Gasteiger partial charge in [-0.3, -0.25) is 0 Å². The lowest BCUT2D eigenvalue weighted by Gasteiger charge is -2.05. The summed E-state index contributed by atoms with van der Waals surface area (Å²) in [6.07, 6.45) is 0. The molecule has 16 heavy (non-hydrogen) atoms. The standard InChI is InChI=1S/C10H6BrCl3S2/c1-4-2-6(15-9(4)13)8(11)5-3-7(12)16-10(5)14/h2-3,8H,1H3. The average molecular weight is 377 g/mol. The Labute approximate surface area is 125 Å². The van der Waals surface area contributed by atoms with Gasteiger partial charge in [-0.2, -0.15) is 0 Å². The Bertz CT molecular complexity index is 499. The fraction of sp³-hybridized carbons (Fsp3) is 0.200. The van der Waals surface area contributed by atoms with E-state index in [-0.39, 0.29) is 4.83 Å². The number of hydrogen-bond donors (Lipinski definition) is 0. The fourth-order valence-corrected chi connectivity index (χ4v) is 5.09. The van der Waals surface area contributed by atoms with Gasteiger partial charge in [-0.05, 0) is 24.6 Å². The van der Waals surface area contributed by atoms with Crippen LogP contribution in [0.3, 0.4) is 0 Å². The molecule has 1 unspecified atom stereocenters. The molecular weight excluding hydrogens is 371 g/mol. The molecule has 2 heterocycles. The summed E-state index contributed by atoms with van der Waals surface area (Å²) in [5.41, 5.74) is 2.08. The van der Waals surface area contributed by atoms with Gasteiger partial charge < -0.3 is 0 Å². The highest BCUT2D eigenvalue weighted by molar-refractivity contribution is 9.09. The van der Waals surface area contributed by atoms with E-state index in [0.717, 1.165) is 20.3 Å². The van der Waals surface area contributed by atoms with Gasteiger partial charge in [0.05, 0.1) is 17.8 Å². The van der Waals surface area contributed by atoms with Crippen LogP contribution >= 0.6 is 73.4 Å². The lowest BCUT2D eigenvalue weighted by Crippen LogP contribution is -1.86. The average Bonchev–Trinajstić information content (AvgIpc) is 2.70. The van der Waals surface area contributed by atoms with E-state index in [9.17, 15) is 0 Å². The van der Waals surface area contributed by atoms with Crippen LogP contribution in [0.2, 0.25) is 13.0 Å². The normalized spacial score (nSPS) is 13.1. The van der Waals surface area contributed by atoms with Crippen molar-refractivity contribution in [3.05, 3.63) is 41.1 Å². The Morgan fingerprint density at radius 3 is 2.25 bits per heavy atom. The second kappa shape index (κ2) is 5.17. The molecule has 0 nitrogen and oxygen atoms in total. The van der Waals surface area contributed by atoms with Crippen molar-refractivity contribution in [3.8, 4) is 0 Å². The molecule has 0 fully saturated rings. The molecule has 1 atom stereocenters. The molecule has 0 aliphatic carbocycles. The first-order valence-corrected chi connectivity index (χ1v) is 8.02. The van der Waals surface area contributed by atoms with Gasteiger partial charge in [-0.25, -0.2) is 0 Å². The highest BCUT2D eigenvalue weighted by Crippen LogP contribution is 2.44. The summed E-state index contributed by atoms with van der Waals surface area (Å²) in [6, 6.07) is 3.95. The molecular formula is C10H6BrCl3S2. The highest BCUT2D eigenvalue weighted by Gasteiger charge is 2.19. The summed E-state index contributed by atoms with van der Waals surface area (Å²) in [7, 11) is 0. The van der Waals surface area contributed by atoms with E-state index in [1.165, 1.54) is 11.3 Å². The smallest absolute Gasteiger partial charge is 0.0991 e. The van der Waals surface area contributed by atoms with E-state index >= 15 is 0 Å². The molecule has 0 amide bonds. The number of hydrogen-bond acceptors (Lipinski definition) is 2. The summed E-state index contributed by atoms with van der Waals surface area (Å²) in [5.74, 6) is 0. The van der Waals surface area contributed by atoms with Crippen LogP contribution in [0, 0.1) is 6.92 Å². The van der Waals surface area contributed by atoms with Crippen molar-refractivity contribution in [2.24, 2.45) is 0 Å². The van der Waals surface area contributed by atoms with Crippen LogP contribution in [0.1, 0.15) is 20.8 Å². The van der Waals surface area contributed by atoms with Crippen molar-refractivity contribution >= 4 is 73.4 Å². The van der Waals surface area contributed by atoms with Crippen molar-refractivity contribution in [1.82, 2.24) is 0 Å². The van der Waals surface area contributed by atoms with Crippen LogP contribution in [0.4, 0.5) is 0 Å². The van der Waals surface area contributed by atoms with Crippen molar-refractivity contribution < 1.29 is 0 Å². The first kappa shape index (κ1) is 13.2. The minimum atomic E-state index is 0.0555. The Kier molecular flexibility index (Phi) is 4.26. The van der Waals surface area contributed by atoms with Gasteiger partial charge in [0.1, 0.15) is 0 Å². The summed E-state index contributed by atoms with van der Waals surface area (Å²) < 4.78 is 2.23. The molecule has 0 aliphatic heterocycles. The zero-order valence-electron chi connectivity index (χ0n) is 8.06.